The van der Waals surface area contributed by atoms with Crippen LogP contribution >= 0.6 is 0 Å². The van der Waals surface area contributed by atoms with E-state index in [1.165, 1.54) is 54.4 Å². The summed E-state index contributed by atoms with van der Waals surface area (Å²) < 4.78 is 0. The first-order chi connectivity index (χ1) is 12.0. The van der Waals surface area contributed by atoms with Gasteiger partial charge in [0.1, 0.15) is 0 Å². The van der Waals surface area contributed by atoms with Crippen molar-refractivity contribution in [2.45, 2.75) is 72.8 Å². The van der Waals surface area contributed by atoms with Crippen LogP contribution in [-0.2, 0) is 0 Å². The fraction of sp³-hybridized carbons (Fsp3) is 0.583. The highest BCUT2D eigenvalue weighted by molar-refractivity contribution is 5.42. The van der Waals surface area contributed by atoms with E-state index in [0.717, 1.165) is 12.5 Å². The average molecular weight is 340 g/mol. The van der Waals surface area contributed by atoms with Crippen molar-refractivity contribution in [3.63, 3.8) is 0 Å². The van der Waals surface area contributed by atoms with Gasteiger partial charge in [0.25, 0.3) is 0 Å². The van der Waals surface area contributed by atoms with Crippen LogP contribution in [-0.4, -0.2) is 6.54 Å². The van der Waals surface area contributed by atoms with Crippen molar-refractivity contribution in [2.75, 3.05) is 6.54 Å². The van der Waals surface area contributed by atoms with E-state index < -0.39 is 0 Å². The van der Waals surface area contributed by atoms with Crippen LogP contribution in [0.5, 0.6) is 0 Å². The average Bonchev–Trinajstić information content (AvgIpc) is 2.59. The Bertz CT molecular complexity index is 573. The zero-order valence-electron chi connectivity index (χ0n) is 16.9. The van der Waals surface area contributed by atoms with Crippen LogP contribution in [0.1, 0.15) is 77.0 Å². The molecule has 2 unspecified atom stereocenters. The molecule has 0 saturated carbocycles. The van der Waals surface area contributed by atoms with Crippen molar-refractivity contribution in [3.8, 4) is 0 Å². The Labute approximate surface area is 155 Å². The smallest absolute Gasteiger partial charge is 0.0576 e. The summed E-state index contributed by atoms with van der Waals surface area (Å²) in [5.41, 5.74) is 5.65. The molecule has 0 heterocycles. The van der Waals surface area contributed by atoms with E-state index in [1.807, 2.05) is 0 Å². The minimum atomic E-state index is 0.316. The first-order valence-electron chi connectivity index (χ1n) is 10.2. The molecule has 0 bridgehead atoms. The van der Waals surface area contributed by atoms with Crippen LogP contribution < -0.4 is 5.32 Å². The maximum Gasteiger partial charge on any atom is 0.0576 e. The van der Waals surface area contributed by atoms with Crippen LogP contribution in [0.25, 0.3) is 0 Å². The van der Waals surface area contributed by atoms with Gasteiger partial charge in [-0.25, -0.2) is 0 Å². The Hall–Kier alpha value is -1.34. The highest BCUT2D eigenvalue weighted by Gasteiger charge is 2.22. The van der Waals surface area contributed by atoms with E-state index >= 15 is 0 Å². The molecule has 0 radical (unpaired) electrons. The summed E-state index contributed by atoms with van der Waals surface area (Å²) in [6, 6.07) is 9.40. The lowest BCUT2D eigenvalue weighted by atomic mass is 9.85. The summed E-state index contributed by atoms with van der Waals surface area (Å²) in [4.78, 5) is 0. The highest BCUT2D eigenvalue weighted by Crippen LogP contribution is 2.33. The molecule has 1 aliphatic carbocycles. The SMILES string of the molecule is CCCC(CCC)CNC(C1=CC(C)CC=C1C)c1ccc(C)cc1. The summed E-state index contributed by atoms with van der Waals surface area (Å²) in [7, 11) is 0. The minimum Gasteiger partial charge on any atom is -0.306 e. The standard InChI is InChI=1S/C24H37N/c1-6-8-21(9-7-2)17-25-24(22-14-11-18(3)12-15-22)23-16-19(4)10-13-20(23)5/h11-16,19,21,24-25H,6-10,17H2,1-5H3. The normalized spacial score (nSPS) is 18.9. The number of benzene rings is 1. The molecule has 0 fully saturated rings. The largest absolute Gasteiger partial charge is 0.306 e. The maximum atomic E-state index is 3.94. The van der Waals surface area contributed by atoms with Gasteiger partial charge in [-0.05, 0) is 62.6 Å². The number of aryl methyl sites for hydroxylation is 1. The van der Waals surface area contributed by atoms with Gasteiger partial charge in [0, 0.05) is 0 Å². The van der Waals surface area contributed by atoms with Crippen molar-refractivity contribution in [2.24, 2.45) is 11.8 Å². The Morgan fingerprint density at radius 1 is 1.04 bits per heavy atom. The fourth-order valence-corrected chi connectivity index (χ4v) is 3.93. The van der Waals surface area contributed by atoms with E-state index in [4.69, 9.17) is 0 Å². The second kappa shape index (κ2) is 9.97. The Kier molecular flexibility index (Phi) is 7.96. The van der Waals surface area contributed by atoms with Gasteiger partial charge in [0.05, 0.1) is 6.04 Å². The predicted molar refractivity (Wildman–Crippen MR) is 111 cm³/mol. The van der Waals surface area contributed by atoms with Crippen molar-refractivity contribution < 1.29 is 0 Å². The van der Waals surface area contributed by atoms with Crippen LogP contribution in [0.3, 0.4) is 0 Å². The lowest BCUT2D eigenvalue weighted by Gasteiger charge is -2.29. The molecule has 0 spiro atoms. The third-order valence-electron chi connectivity index (χ3n) is 5.44. The van der Waals surface area contributed by atoms with Crippen LogP contribution in [0.15, 0.2) is 47.6 Å². The summed E-state index contributed by atoms with van der Waals surface area (Å²) in [5.74, 6) is 1.42. The van der Waals surface area contributed by atoms with Crippen molar-refractivity contribution >= 4 is 0 Å². The van der Waals surface area contributed by atoms with Gasteiger partial charge in [-0.15, -0.1) is 0 Å². The molecule has 2 atom stereocenters. The van der Waals surface area contributed by atoms with Gasteiger partial charge in [0.2, 0.25) is 0 Å². The van der Waals surface area contributed by atoms with Gasteiger partial charge < -0.3 is 5.32 Å². The lowest BCUT2D eigenvalue weighted by molar-refractivity contribution is 0.395. The molecule has 0 amide bonds. The highest BCUT2D eigenvalue weighted by atomic mass is 14.9. The number of hydrogen-bond acceptors (Lipinski definition) is 1. The summed E-state index contributed by atoms with van der Waals surface area (Å²) in [6.45, 7) is 12.5. The molecule has 25 heavy (non-hydrogen) atoms. The number of rotatable bonds is 9. The monoisotopic (exact) mass is 339 g/mol. The Balaban J connectivity index is 2.23. The number of hydrogen-bond donors (Lipinski definition) is 1. The Morgan fingerprint density at radius 3 is 2.28 bits per heavy atom. The molecule has 1 aromatic carbocycles. The number of nitrogens with one attached hydrogen (secondary N) is 1. The molecular formula is C24H37N. The van der Waals surface area contributed by atoms with Crippen molar-refractivity contribution in [1.29, 1.82) is 0 Å². The zero-order valence-corrected chi connectivity index (χ0v) is 16.9. The van der Waals surface area contributed by atoms with Gasteiger partial charge in [-0.3, -0.25) is 0 Å². The molecule has 1 nitrogen and oxygen atoms in total. The Morgan fingerprint density at radius 2 is 1.68 bits per heavy atom. The molecule has 0 aliphatic heterocycles. The molecule has 1 aromatic rings. The molecule has 1 aliphatic rings. The quantitative estimate of drug-likeness (QED) is 0.524. The first-order valence-corrected chi connectivity index (χ1v) is 10.2. The minimum absolute atomic E-state index is 0.316. The third-order valence-corrected chi connectivity index (χ3v) is 5.44. The van der Waals surface area contributed by atoms with Gasteiger partial charge in [0.15, 0.2) is 0 Å². The second-order valence-electron chi connectivity index (χ2n) is 7.92. The summed E-state index contributed by atoms with van der Waals surface area (Å²) >= 11 is 0. The van der Waals surface area contributed by atoms with Gasteiger partial charge in [-0.1, -0.05) is 81.2 Å². The first kappa shape index (κ1) is 20.0. The van der Waals surface area contributed by atoms with Crippen molar-refractivity contribution in [3.05, 3.63) is 58.7 Å². The third kappa shape index (κ3) is 5.85. The van der Waals surface area contributed by atoms with Crippen LogP contribution in [0.2, 0.25) is 0 Å². The summed E-state index contributed by atoms with van der Waals surface area (Å²) in [5, 5.41) is 3.94. The summed E-state index contributed by atoms with van der Waals surface area (Å²) in [6.07, 6.45) is 11.3. The van der Waals surface area contributed by atoms with Gasteiger partial charge >= 0.3 is 0 Å². The zero-order chi connectivity index (χ0) is 18.2. The molecule has 0 saturated heterocycles. The molecule has 2 rings (SSSR count). The molecule has 138 valence electrons. The molecule has 0 aromatic heterocycles. The van der Waals surface area contributed by atoms with Crippen LogP contribution in [0, 0.1) is 18.8 Å². The molecule has 1 N–H and O–H groups in total. The number of allylic oxidation sites excluding steroid dienone is 2. The maximum absolute atomic E-state index is 3.94. The molecule has 1 heteroatoms. The fourth-order valence-electron chi connectivity index (χ4n) is 3.93. The van der Waals surface area contributed by atoms with Crippen molar-refractivity contribution in [1.82, 2.24) is 5.32 Å². The van der Waals surface area contributed by atoms with E-state index in [0.29, 0.717) is 12.0 Å². The van der Waals surface area contributed by atoms with Gasteiger partial charge in [-0.2, -0.15) is 0 Å². The van der Waals surface area contributed by atoms with E-state index in [-0.39, 0.29) is 0 Å². The molecular weight excluding hydrogens is 302 g/mol. The van der Waals surface area contributed by atoms with E-state index in [9.17, 15) is 0 Å². The van der Waals surface area contributed by atoms with Crippen LogP contribution in [0.4, 0.5) is 0 Å². The lowest BCUT2D eigenvalue weighted by Crippen LogP contribution is -2.30. The van der Waals surface area contributed by atoms with E-state index in [2.05, 4.69) is 76.4 Å². The predicted octanol–water partition coefficient (Wildman–Crippen LogP) is 6.75. The topological polar surface area (TPSA) is 12.0 Å². The van der Waals surface area contributed by atoms with E-state index in [1.54, 1.807) is 0 Å². The second-order valence-corrected chi connectivity index (χ2v) is 7.92.